The molecule has 0 saturated carbocycles. The molecule has 1 amide bonds. The summed E-state index contributed by atoms with van der Waals surface area (Å²) in [6.07, 6.45) is 1.18. The quantitative estimate of drug-likeness (QED) is 0.780. The lowest BCUT2D eigenvalue weighted by Crippen LogP contribution is -2.45. The Balaban J connectivity index is 2.58. The van der Waals surface area contributed by atoms with Gasteiger partial charge in [0.25, 0.3) is 0 Å². The predicted molar refractivity (Wildman–Crippen MR) is 84.7 cm³/mol. The van der Waals surface area contributed by atoms with E-state index in [4.69, 9.17) is 5.73 Å². The number of hydrogen-bond acceptors (Lipinski definition) is 4. The number of nitrogens with one attached hydrogen (secondary N) is 1. The summed E-state index contributed by atoms with van der Waals surface area (Å²) in [5.41, 5.74) is 5.98. The Morgan fingerprint density at radius 3 is 2.59 bits per heavy atom. The largest absolute Gasteiger partial charge is 0.354 e. The fraction of sp³-hybridized carbons (Fsp3) is 0.533. The van der Waals surface area contributed by atoms with Crippen LogP contribution in [0.5, 0.6) is 0 Å². The summed E-state index contributed by atoms with van der Waals surface area (Å²) in [6.45, 7) is 4.04. The molecule has 0 aliphatic carbocycles. The molecular weight excluding hydrogens is 307 g/mol. The monoisotopic (exact) mass is 330 g/mol. The van der Waals surface area contributed by atoms with E-state index in [1.807, 2.05) is 13.8 Å². The number of sulfone groups is 1. The number of carbonyl (C=O) groups excluding carboxylic acids is 1. The van der Waals surface area contributed by atoms with E-state index in [-0.39, 0.29) is 24.5 Å². The molecule has 0 saturated heterocycles. The van der Waals surface area contributed by atoms with E-state index in [0.717, 1.165) is 11.8 Å². The molecule has 0 aliphatic heterocycles. The molecule has 0 aromatic heterocycles. The molecule has 1 unspecified atom stereocenters. The molecular formula is C15H23FN2O3S. The number of rotatable bonds is 7. The first-order valence-electron chi connectivity index (χ1n) is 6.98. The molecule has 0 spiro atoms. The van der Waals surface area contributed by atoms with Crippen molar-refractivity contribution in [3.05, 3.63) is 35.6 Å². The van der Waals surface area contributed by atoms with Gasteiger partial charge < -0.3 is 11.1 Å². The normalized spacial score (nSPS) is 13.7. The molecule has 0 aliphatic rings. The third-order valence-corrected chi connectivity index (χ3v) is 4.42. The Morgan fingerprint density at radius 2 is 2.05 bits per heavy atom. The lowest BCUT2D eigenvalue weighted by atomic mass is 9.84. The minimum atomic E-state index is -3.15. The van der Waals surface area contributed by atoms with Crippen molar-refractivity contribution in [2.24, 2.45) is 5.73 Å². The summed E-state index contributed by atoms with van der Waals surface area (Å²) in [4.78, 5) is 11.9. The van der Waals surface area contributed by atoms with Gasteiger partial charge in [0.05, 0.1) is 11.8 Å². The average Bonchev–Trinajstić information content (AvgIpc) is 2.41. The van der Waals surface area contributed by atoms with E-state index in [1.54, 1.807) is 12.1 Å². The molecule has 1 rings (SSSR count). The number of halogens is 1. The minimum absolute atomic E-state index is 0.0745. The van der Waals surface area contributed by atoms with Crippen molar-refractivity contribution in [3.63, 3.8) is 0 Å². The van der Waals surface area contributed by atoms with Crippen molar-refractivity contribution in [2.75, 3.05) is 18.6 Å². The molecule has 0 fully saturated rings. The van der Waals surface area contributed by atoms with Gasteiger partial charge in [-0.15, -0.1) is 0 Å². The number of benzene rings is 1. The van der Waals surface area contributed by atoms with E-state index in [9.17, 15) is 17.6 Å². The van der Waals surface area contributed by atoms with Crippen molar-refractivity contribution < 1.29 is 17.6 Å². The molecule has 124 valence electrons. The second-order valence-corrected chi connectivity index (χ2v) is 8.40. The van der Waals surface area contributed by atoms with Gasteiger partial charge in [0.15, 0.2) is 0 Å². The highest BCUT2D eigenvalue weighted by molar-refractivity contribution is 7.90. The summed E-state index contributed by atoms with van der Waals surface area (Å²) >= 11 is 0. The van der Waals surface area contributed by atoms with Crippen molar-refractivity contribution >= 4 is 15.7 Å². The molecule has 0 heterocycles. The van der Waals surface area contributed by atoms with Crippen LogP contribution in [0.25, 0.3) is 0 Å². The molecule has 1 aromatic rings. The molecule has 1 aromatic carbocycles. The van der Waals surface area contributed by atoms with E-state index in [0.29, 0.717) is 0 Å². The van der Waals surface area contributed by atoms with Crippen molar-refractivity contribution in [2.45, 2.75) is 31.7 Å². The topological polar surface area (TPSA) is 89.3 Å². The van der Waals surface area contributed by atoms with Crippen LogP contribution >= 0.6 is 0 Å². The predicted octanol–water partition coefficient (Wildman–Crippen LogP) is 0.982. The Morgan fingerprint density at radius 1 is 1.41 bits per heavy atom. The zero-order chi connectivity index (χ0) is 17.0. The molecule has 22 heavy (non-hydrogen) atoms. The number of amides is 1. The highest BCUT2D eigenvalue weighted by Crippen LogP contribution is 2.22. The summed E-state index contributed by atoms with van der Waals surface area (Å²) in [5, 5.41) is 2.70. The highest BCUT2D eigenvalue weighted by atomic mass is 32.2. The number of hydrogen-bond donors (Lipinski definition) is 2. The number of nitrogens with two attached hydrogens (primary N) is 1. The van der Waals surface area contributed by atoms with Gasteiger partial charge in [-0.05, 0) is 24.1 Å². The molecule has 5 nitrogen and oxygen atoms in total. The molecule has 1 atom stereocenters. The molecule has 3 N–H and O–H groups in total. The second-order valence-electron chi connectivity index (χ2n) is 6.14. The zero-order valence-electron chi connectivity index (χ0n) is 13.1. The fourth-order valence-corrected chi connectivity index (χ4v) is 2.60. The maximum Gasteiger partial charge on any atom is 0.236 e. The van der Waals surface area contributed by atoms with Crippen molar-refractivity contribution in [1.82, 2.24) is 5.32 Å². The van der Waals surface area contributed by atoms with Crippen molar-refractivity contribution in [3.8, 4) is 0 Å². The lowest BCUT2D eigenvalue weighted by Gasteiger charge is -2.26. The standard InChI is InChI=1S/C15H23FN2O3S/c1-15(2,11-5-4-6-12(16)9-11)10-18-14(19)13(17)7-8-22(3,20)21/h4-6,9,13H,7-8,10,17H2,1-3H3,(H,18,19). The van der Waals surface area contributed by atoms with E-state index in [2.05, 4.69) is 5.32 Å². The van der Waals surface area contributed by atoms with Gasteiger partial charge in [-0.3, -0.25) is 4.79 Å². The van der Waals surface area contributed by atoms with Crippen LogP contribution in [0.15, 0.2) is 24.3 Å². The summed E-state index contributed by atoms with van der Waals surface area (Å²) in [7, 11) is -3.15. The molecule has 0 bridgehead atoms. The first-order chi connectivity index (χ1) is 10.0. The third kappa shape index (κ3) is 6.11. The van der Waals surface area contributed by atoms with Crippen LogP contribution in [0.1, 0.15) is 25.8 Å². The van der Waals surface area contributed by atoms with Gasteiger partial charge in [0.1, 0.15) is 15.7 Å². The molecule has 7 heteroatoms. The first-order valence-corrected chi connectivity index (χ1v) is 9.04. The van der Waals surface area contributed by atoms with E-state index >= 15 is 0 Å². The van der Waals surface area contributed by atoms with Crippen molar-refractivity contribution in [1.29, 1.82) is 0 Å². The van der Waals surface area contributed by atoms with Crippen LogP contribution in [0.4, 0.5) is 4.39 Å². The Hall–Kier alpha value is -1.47. The van der Waals surface area contributed by atoms with Gasteiger partial charge in [-0.25, -0.2) is 12.8 Å². The van der Waals surface area contributed by atoms with Crippen LogP contribution in [-0.4, -0.2) is 38.9 Å². The smallest absolute Gasteiger partial charge is 0.236 e. The van der Waals surface area contributed by atoms with Gasteiger partial charge in [-0.1, -0.05) is 26.0 Å². The minimum Gasteiger partial charge on any atom is -0.354 e. The van der Waals surface area contributed by atoms with Crippen LogP contribution < -0.4 is 11.1 Å². The highest BCUT2D eigenvalue weighted by Gasteiger charge is 2.23. The van der Waals surface area contributed by atoms with Gasteiger partial charge in [0, 0.05) is 18.2 Å². The van der Waals surface area contributed by atoms with Crippen LogP contribution in [0.3, 0.4) is 0 Å². The fourth-order valence-electron chi connectivity index (χ4n) is 1.92. The van der Waals surface area contributed by atoms with Crippen LogP contribution in [0, 0.1) is 5.82 Å². The summed E-state index contributed by atoms with van der Waals surface area (Å²) < 4.78 is 35.4. The van der Waals surface area contributed by atoms with Gasteiger partial charge in [-0.2, -0.15) is 0 Å². The SMILES string of the molecule is CC(C)(CNC(=O)C(N)CCS(C)(=O)=O)c1cccc(F)c1. The average molecular weight is 330 g/mol. The summed E-state index contributed by atoms with van der Waals surface area (Å²) in [5.74, 6) is -0.871. The maximum atomic E-state index is 13.3. The van der Waals surface area contributed by atoms with Crippen LogP contribution in [0.2, 0.25) is 0 Å². The second kappa shape index (κ2) is 7.19. The molecule has 0 radical (unpaired) electrons. The maximum absolute atomic E-state index is 13.3. The van der Waals surface area contributed by atoms with Crippen LogP contribution in [-0.2, 0) is 20.0 Å². The summed E-state index contributed by atoms with van der Waals surface area (Å²) in [6, 6.07) is 5.32. The van der Waals surface area contributed by atoms with Gasteiger partial charge in [0.2, 0.25) is 5.91 Å². The first kappa shape index (κ1) is 18.6. The Bertz CT molecular complexity index is 629. The van der Waals surface area contributed by atoms with E-state index < -0.39 is 27.2 Å². The Labute approximate surface area is 131 Å². The third-order valence-electron chi connectivity index (χ3n) is 3.45. The lowest BCUT2D eigenvalue weighted by molar-refractivity contribution is -0.122. The Kier molecular flexibility index (Phi) is 6.08. The van der Waals surface area contributed by atoms with Gasteiger partial charge >= 0.3 is 0 Å². The number of carbonyl (C=O) groups is 1. The van der Waals surface area contributed by atoms with E-state index in [1.165, 1.54) is 12.1 Å². The zero-order valence-corrected chi connectivity index (χ0v) is 13.9.